The van der Waals surface area contributed by atoms with Gasteiger partial charge in [-0.15, -0.1) is 0 Å². The van der Waals surface area contributed by atoms with Crippen molar-refractivity contribution in [2.45, 2.75) is 38.8 Å². The van der Waals surface area contributed by atoms with Crippen LogP contribution >= 0.6 is 0 Å². The zero-order chi connectivity index (χ0) is 13.7. The SMILES string of the molecule is CCOc1ccc([C@@H](C)NC(=O)[C@H]2CCCN2)cc1. The highest BCUT2D eigenvalue weighted by atomic mass is 16.5. The van der Waals surface area contributed by atoms with Crippen LogP contribution in [0.5, 0.6) is 5.75 Å². The summed E-state index contributed by atoms with van der Waals surface area (Å²) in [5, 5.41) is 6.25. The van der Waals surface area contributed by atoms with E-state index in [1.54, 1.807) is 0 Å². The third-order valence-corrected chi connectivity index (χ3v) is 3.43. The van der Waals surface area contributed by atoms with Gasteiger partial charge in [0, 0.05) is 0 Å². The van der Waals surface area contributed by atoms with Crippen molar-refractivity contribution >= 4 is 5.91 Å². The summed E-state index contributed by atoms with van der Waals surface area (Å²) in [5.74, 6) is 0.959. The summed E-state index contributed by atoms with van der Waals surface area (Å²) in [6.45, 7) is 5.57. The van der Waals surface area contributed by atoms with Crippen molar-refractivity contribution in [3.63, 3.8) is 0 Å². The van der Waals surface area contributed by atoms with Gasteiger partial charge in [0.15, 0.2) is 0 Å². The summed E-state index contributed by atoms with van der Waals surface area (Å²) in [7, 11) is 0. The molecule has 1 amide bonds. The lowest BCUT2D eigenvalue weighted by Crippen LogP contribution is -2.41. The first-order valence-electron chi connectivity index (χ1n) is 6.97. The number of hydrogen-bond acceptors (Lipinski definition) is 3. The number of ether oxygens (including phenoxy) is 1. The van der Waals surface area contributed by atoms with E-state index in [1.165, 1.54) is 0 Å². The van der Waals surface area contributed by atoms with Gasteiger partial charge in [0.05, 0.1) is 18.7 Å². The molecule has 1 aliphatic rings. The van der Waals surface area contributed by atoms with Crippen molar-refractivity contribution in [1.29, 1.82) is 0 Å². The summed E-state index contributed by atoms with van der Waals surface area (Å²) in [6.07, 6.45) is 2.01. The predicted molar refractivity (Wildman–Crippen MR) is 75.2 cm³/mol. The van der Waals surface area contributed by atoms with Gasteiger partial charge in [-0.05, 0) is 50.9 Å². The maximum absolute atomic E-state index is 12.0. The van der Waals surface area contributed by atoms with E-state index in [0.29, 0.717) is 6.61 Å². The largest absolute Gasteiger partial charge is 0.494 e. The Morgan fingerprint density at radius 2 is 2.21 bits per heavy atom. The highest BCUT2D eigenvalue weighted by Crippen LogP contribution is 2.18. The zero-order valence-corrected chi connectivity index (χ0v) is 11.6. The molecule has 19 heavy (non-hydrogen) atoms. The topological polar surface area (TPSA) is 50.4 Å². The molecule has 0 spiro atoms. The van der Waals surface area contributed by atoms with Crippen LogP contribution in [0.1, 0.15) is 38.3 Å². The molecule has 1 heterocycles. The zero-order valence-electron chi connectivity index (χ0n) is 11.6. The molecule has 0 radical (unpaired) electrons. The second-order valence-electron chi connectivity index (χ2n) is 4.88. The molecule has 1 aromatic rings. The quantitative estimate of drug-likeness (QED) is 0.853. The number of benzene rings is 1. The van der Waals surface area contributed by atoms with Crippen LogP contribution in [0.25, 0.3) is 0 Å². The van der Waals surface area contributed by atoms with Crippen molar-refractivity contribution in [1.82, 2.24) is 10.6 Å². The summed E-state index contributed by atoms with van der Waals surface area (Å²) < 4.78 is 5.41. The van der Waals surface area contributed by atoms with E-state index in [9.17, 15) is 4.79 Å². The van der Waals surface area contributed by atoms with Gasteiger partial charge in [-0.25, -0.2) is 0 Å². The number of carbonyl (C=O) groups excluding carboxylic acids is 1. The fraction of sp³-hybridized carbons (Fsp3) is 0.533. The first kappa shape index (κ1) is 13.9. The van der Waals surface area contributed by atoms with Gasteiger partial charge < -0.3 is 15.4 Å². The second kappa shape index (κ2) is 6.57. The normalized spacial score (nSPS) is 20.0. The monoisotopic (exact) mass is 262 g/mol. The summed E-state index contributed by atoms with van der Waals surface area (Å²) in [4.78, 5) is 12.0. The molecule has 1 fully saturated rings. The van der Waals surface area contributed by atoms with Gasteiger partial charge in [-0.1, -0.05) is 12.1 Å². The fourth-order valence-electron chi connectivity index (χ4n) is 2.33. The van der Waals surface area contributed by atoms with Crippen LogP contribution in [0.15, 0.2) is 24.3 Å². The van der Waals surface area contributed by atoms with Gasteiger partial charge in [0.1, 0.15) is 5.75 Å². The molecule has 2 atom stereocenters. The Morgan fingerprint density at radius 3 is 2.79 bits per heavy atom. The molecule has 0 aromatic heterocycles. The van der Waals surface area contributed by atoms with E-state index < -0.39 is 0 Å². The Bertz CT molecular complexity index is 411. The maximum Gasteiger partial charge on any atom is 0.237 e. The summed E-state index contributed by atoms with van der Waals surface area (Å²) in [6, 6.07) is 7.87. The minimum Gasteiger partial charge on any atom is -0.494 e. The molecular weight excluding hydrogens is 240 g/mol. The van der Waals surface area contributed by atoms with E-state index >= 15 is 0 Å². The number of nitrogens with one attached hydrogen (secondary N) is 2. The lowest BCUT2D eigenvalue weighted by Gasteiger charge is -2.18. The molecule has 0 saturated carbocycles. The third kappa shape index (κ3) is 3.70. The molecule has 0 aliphatic carbocycles. The Hall–Kier alpha value is -1.55. The minimum atomic E-state index is -0.0230. The minimum absolute atomic E-state index is 0.0191. The second-order valence-corrected chi connectivity index (χ2v) is 4.88. The Labute approximate surface area is 114 Å². The van der Waals surface area contributed by atoms with Gasteiger partial charge in [0.2, 0.25) is 5.91 Å². The van der Waals surface area contributed by atoms with E-state index in [1.807, 2.05) is 38.1 Å². The number of carbonyl (C=O) groups is 1. The van der Waals surface area contributed by atoms with Gasteiger partial charge in [0.25, 0.3) is 0 Å². The van der Waals surface area contributed by atoms with E-state index in [4.69, 9.17) is 4.74 Å². The van der Waals surface area contributed by atoms with Crippen LogP contribution in [-0.2, 0) is 4.79 Å². The molecule has 4 heteroatoms. The lowest BCUT2D eigenvalue weighted by atomic mass is 10.1. The van der Waals surface area contributed by atoms with Crippen LogP contribution in [0.3, 0.4) is 0 Å². The average Bonchev–Trinajstić information content (AvgIpc) is 2.94. The van der Waals surface area contributed by atoms with Crippen LogP contribution in [-0.4, -0.2) is 25.1 Å². The molecule has 4 nitrogen and oxygen atoms in total. The Kier molecular flexibility index (Phi) is 4.80. The molecule has 1 aliphatic heterocycles. The molecule has 0 bridgehead atoms. The molecule has 2 N–H and O–H groups in total. The first-order chi connectivity index (χ1) is 9.20. The molecule has 2 rings (SSSR count). The van der Waals surface area contributed by atoms with Crippen LogP contribution in [0, 0.1) is 0 Å². The number of amides is 1. The van der Waals surface area contributed by atoms with Crippen LogP contribution in [0.2, 0.25) is 0 Å². The molecular formula is C15H22N2O2. The standard InChI is InChI=1S/C15H22N2O2/c1-3-19-13-8-6-12(7-9-13)11(2)17-15(18)14-5-4-10-16-14/h6-9,11,14,16H,3-5,10H2,1-2H3,(H,17,18)/t11-,14-/m1/s1. The number of rotatable bonds is 5. The molecule has 104 valence electrons. The lowest BCUT2D eigenvalue weighted by molar-refractivity contribution is -0.123. The predicted octanol–water partition coefficient (Wildman–Crippen LogP) is 2.01. The Balaban J connectivity index is 1.91. The summed E-state index contributed by atoms with van der Waals surface area (Å²) >= 11 is 0. The summed E-state index contributed by atoms with van der Waals surface area (Å²) in [5.41, 5.74) is 1.09. The van der Waals surface area contributed by atoms with Crippen LogP contribution in [0.4, 0.5) is 0 Å². The molecule has 1 saturated heterocycles. The van der Waals surface area contributed by atoms with Gasteiger partial charge in [-0.3, -0.25) is 4.79 Å². The number of hydrogen-bond donors (Lipinski definition) is 2. The maximum atomic E-state index is 12.0. The van der Waals surface area contributed by atoms with Crippen molar-refractivity contribution in [3.8, 4) is 5.75 Å². The Morgan fingerprint density at radius 1 is 1.47 bits per heavy atom. The van der Waals surface area contributed by atoms with E-state index in [0.717, 1.165) is 30.7 Å². The fourth-order valence-corrected chi connectivity index (χ4v) is 2.33. The molecule has 0 unspecified atom stereocenters. The highest BCUT2D eigenvalue weighted by Gasteiger charge is 2.23. The third-order valence-electron chi connectivity index (χ3n) is 3.43. The highest BCUT2D eigenvalue weighted by molar-refractivity contribution is 5.82. The van der Waals surface area contributed by atoms with Gasteiger partial charge >= 0.3 is 0 Å². The van der Waals surface area contributed by atoms with Crippen molar-refractivity contribution < 1.29 is 9.53 Å². The first-order valence-corrected chi connectivity index (χ1v) is 6.97. The van der Waals surface area contributed by atoms with Crippen molar-refractivity contribution in [2.24, 2.45) is 0 Å². The van der Waals surface area contributed by atoms with Crippen LogP contribution < -0.4 is 15.4 Å². The molecule has 1 aromatic carbocycles. The van der Waals surface area contributed by atoms with Gasteiger partial charge in [-0.2, -0.15) is 0 Å². The smallest absolute Gasteiger partial charge is 0.237 e. The van der Waals surface area contributed by atoms with Crippen molar-refractivity contribution in [2.75, 3.05) is 13.2 Å². The average molecular weight is 262 g/mol. The van der Waals surface area contributed by atoms with Crippen molar-refractivity contribution in [3.05, 3.63) is 29.8 Å². The van der Waals surface area contributed by atoms with E-state index in [-0.39, 0.29) is 18.0 Å². The van der Waals surface area contributed by atoms with E-state index in [2.05, 4.69) is 10.6 Å².